The molecule has 142 valence electrons. The van der Waals surface area contributed by atoms with E-state index in [2.05, 4.69) is 33.8 Å². The van der Waals surface area contributed by atoms with Crippen LogP contribution in [0.1, 0.15) is 37.9 Å². The molecule has 27 heavy (non-hydrogen) atoms. The summed E-state index contributed by atoms with van der Waals surface area (Å²) in [4.78, 5) is 31.1. The average Bonchev–Trinajstić information content (AvgIpc) is 3.12. The Morgan fingerprint density at radius 1 is 1.22 bits per heavy atom. The highest BCUT2D eigenvalue weighted by atomic mass is 16.5. The fourth-order valence-electron chi connectivity index (χ4n) is 3.51. The van der Waals surface area contributed by atoms with Crippen LogP contribution in [0.2, 0.25) is 0 Å². The first-order chi connectivity index (χ1) is 13.2. The first-order valence-electron chi connectivity index (χ1n) is 9.42. The summed E-state index contributed by atoms with van der Waals surface area (Å²) in [6.07, 6.45) is 6.23. The molecule has 0 unspecified atom stereocenters. The molecule has 1 aliphatic rings. The van der Waals surface area contributed by atoms with E-state index in [0.29, 0.717) is 29.4 Å². The largest absolute Gasteiger partial charge is 0.425 e. The number of piperidine rings is 1. The normalized spacial score (nSPS) is 16.1. The van der Waals surface area contributed by atoms with E-state index in [4.69, 9.17) is 9.72 Å². The Balaban J connectivity index is 1.76. The van der Waals surface area contributed by atoms with E-state index < -0.39 is 0 Å². The van der Waals surface area contributed by atoms with Crippen LogP contribution >= 0.6 is 0 Å². The van der Waals surface area contributed by atoms with Crippen LogP contribution in [-0.4, -0.2) is 49.5 Å². The minimum Gasteiger partial charge on any atom is -0.425 e. The predicted octanol–water partition coefficient (Wildman–Crippen LogP) is 2.53. The topological polar surface area (TPSA) is 88.9 Å². The standard InChI is InChI=1S/C19H24N6O2/c1-3-10-25-17-15(21-16(22-17)13-6-11-24(2)12-7-13)18(26)23-19(25)27-14-4-8-20-9-5-14/h4-5,8-9,13H,3,6-7,10-12H2,1-2H3,(H,21,22). The molecule has 4 rings (SSSR count). The molecule has 8 nitrogen and oxygen atoms in total. The molecular weight excluding hydrogens is 344 g/mol. The Kier molecular flexibility index (Phi) is 4.89. The summed E-state index contributed by atoms with van der Waals surface area (Å²) >= 11 is 0. The van der Waals surface area contributed by atoms with Crippen LogP contribution in [0.15, 0.2) is 29.3 Å². The van der Waals surface area contributed by atoms with Crippen molar-refractivity contribution in [2.24, 2.45) is 0 Å². The molecule has 0 bridgehead atoms. The van der Waals surface area contributed by atoms with Crippen molar-refractivity contribution in [1.82, 2.24) is 29.4 Å². The molecule has 1 N–H and O–H groups in total. The summed E-state index contributed by atoms with van der Waals surface area (Å²) < 4.78 is 7.75. The maximum Gasteiger partial charge on any atom is 0.307 e. The fourth-order valence-corrected chi connectivity index (χ4v) is 3.51. The van der Waals surface area contributed by atoms with Gasteiger partial charge in [0.25, 0.3) is 0 Å². The molecule has 1 saturated heterocycles. The van der Waals surface area contributed by atoms with Crippen molar-refractivity contribution in [3.05, 3.63) is 40.7 Å². The molecule has 3 aromatic rings. The number of rotatable bonds is 5. The Hall–Kier alpha value is -2.74. The summed E-state index contributed by atoms with van der Waals surface area (Å²) in [6.45, 7) is 4.82. The van der Waals surface area contributed by atoms with Gasteiger partial charge in [-0.2, -0.15) is 4.98 Å². The Bertz CT molecular complexity index is 973. The number of H-pyrrole nitrogens is 1. The number of hydrogen-bond donors (Lipinski definition) is 1. The molecule has 0 spiro atoms. The molecule has 0 radical (unpaired) electrons. The van der Waals surface area contributed by atoms with E-state index in [-0.39, 0.29) is 11.6 Å². The highest BCUT2D eigenvalue weighted by Crippen LogP contribution is 2.28. The summed E-state index contributed by atoms with van der Waals surface area (Å²) in [5, 5.41) is 0. The van der Waals surface area contributed by atoms with Crippen LogP contribution < -0.4 is 10.3 Å². The maximum atomic E-state index is 12.6. The third-order valence-electron chi connectivity index (χ3n) is 5.01. The predicted molar refractivity (Wildman–Crippen MR) is 102 cm³/mol. The first kappa shape index (κ1) is 17.7. The van der Waals surface area contributed by atoms with Crippen molar-refractivity contribution in [1.29, 1.82) is 0 Å². The maximum absolute atomic E-state index is 12.6. The second-order valence-electron chi connectivity index (χ2n) is 7.03. The smallest absolute Gasteiger partial charge is 0.307 e. The zero-order chi connectivity index (χ0) is 18.8. The van der Waals surface area contributed by atoms with E-state index in [0.717, 1.165) is 38.2 Å². The highest BCUT2D eigenvalue weighted by Gasteiger charge is 2.24. The van der Waals surface area contributed by atoms with E-state index in [1.807, 2.05) is 4.57 Å². The van der Waals surface area contributed by atoms with Gasteiger partial charge in [0.2, 0.25) is 0 Å². The number of ether oxygens (including phenoxy) is 1. The van der Waals surface area contributed by atoms with Gasteiger partial charge in [0.15, 0.2) is 11.2 Å². The number of hydrogen-bond acceptors (Lipinski definition) is 6. The van der Waals surface area contributed by atoms with Crippen LogP contribution in [-0.2, 0) is 6.54 Å². The van der Waals surface area contributed by atoms with Crippen LogP contribution in [0.4, 0.5) is 0 Å². The second kappa shape index (κ2) is 7.48. The van der Waals surface area contributed by atoms with Gasteiger partial charge in [0, 0.05) is 24.9 Å². The van der Waals surface area contributed by atoms with Gasteiger partial charge in [0.05, 0.1) is 0 Å². The zero-order valence-electron chi connectivity index (χ0n) is 15.7. The number of aryl methyl sites for hydroxylation is 1. The number of imidazole rings is 1. The lowest BCUT2D eigenvalue weighted by molar-refractivity contribution is 0.252. The van der Waals surface area contributed by atoms with E-state index in [1.165, 1.54) is 0 Å². The number of pyridine rings is 1. The average molecular weight is 368 g/mol. The van der Waals surface area contributed by atoms with Crippen LogP contribution in [0.5, 0.6) is 11.8 Å². The Morgan fingerprint density at radius 2 is 1.96 bits per heavy atom. The molecule has 1 fully saturated rings. The lowest BCUT2D eigenvalue weighted by atomic mass is 9.97. The van der Waals surface area contributed by atoms with Gasteiger partial charge >= 0.3 is 11.6 Å². The fraction of sp³-hybridized carbons (Fsp3) is 0.474. The van der Waals surface area contributed by atoms with E-state index in [1.54, 1.807) is 24.5 Å². The molecular formula is C19H24N6O2. The lowest BCUT2D eigenvalue weighted by Crippen LogP contribution is -2.29. The second-order valence-corrected chi connectivity index (χ2v) is 7.03. The minimum absolute atomic E-state index is 0.266. The Labute approximate surface area is 157 Å². The molecule has 3 aromatic heterocycles. The van der Waals surface area contributed by atoms with Crippen molar-refractivity contribution >= 4 is 11.2 Å². The molecule has 0 aliphatic carbocycles. The summed E-state index contributed by atoms with van der Waals surface area (Å²) in [5.74, 6) is 1.81. The van der Waals surface area contributed by atoms with Gasteiger partial charge in [-0.3, -0.25) is 14.3 Å². The molecule has 0 atom stereocenters. The van der Waals surface area contributed by atoms with Crippen LogP contribution in [0.25, 0.3) is 11.2 Å². The number of fused-ring (bicyclic) bond motifs is 1. The quantitative estimate of drug-likeness (QED) is 0.744. The van der Waals surface area contributed by atoms with Crippen molar-refractivity contribution in [2.45, 2.75) is 38.6 Å². The molecule has 8 heteroatoms. The zero-order valence-corrected chi connectivity index (χ0v) is 15.7. The molecule has 1 aliphatic heterocycles. The van der Waals surface area contributed by atoms with Crippen LogP contribution in [0, 0.1) is 0 Å². The number of nitrogens with one attached hydrogen (secondary N) is 1. The van der Waals surface area contributed by atoms with Gasteiger partial charge in [-0.15, -0.1) is 0 Å². The number of nitrogens with zero attached hydrogens (tertiary/aromatic N) is 5. The third-order valence-corrected chi connectivity index (χ3v) is 5.01. The van der Waals surface area contributed by atoms with Gasteiger partial charge in [-0.1, -0.05) is 6.92 Å². The number of aromatic amines is 1. The Morgan fingerprint density at radius 3 is 2.67 bits per heavy atom. The van der Waals surface area contributed by atoms with Crippen molar-refractivity contribution in [2.75, 3.05) is 20.1 Å². The summed E-state index contributed by atoms with van der Waals surface area (Å²) in [6, 6.07) is 3.74. The van der Waals surface area contributed by atoms with E-state index in [9.17, 15) is 4.79 Å². The van der Waals surface area contributed by atoms with Crippen LogP contribution in [0.3, 0.4) is 0 Å². The molecule has 0 saturated carbocycles. The first-order valence-corrected chi connectivity index (χ1v) is 9.42. The number of aromatic nitrogens is 5. The highest BCUT2D eigenvalue weighted by molar-refractivity contribution is 5.70. The lowest BCUT2D eigenvalue weighted by Gasteiger charge is -2.27. The van der Waals surface area contributed by atoms with E-state index >= 15 is 0 Å². The number of likely N-dealkylation sites (tertiary alicyclic amines) is 1. The summed E-state index contributed by atoms with van der Waals surface area (Å²) in [5.41, 5.74) is 0.738. The van der Waals surface area contributed by atoms with Crippen molar-refractivity contribution < 1.29 is 4.74 Å². The van der Waals surface area contributed by atoms with Gasteiger partial charge in [-0.25, -0.2) is 4.98 Å². The molecule has 0 aromatic carbocycles. The summed E-state index contributed by atoms with van der Waals surface area (Å²) in [7, 11) is 2.13. The molecule has 0 amide bonds. The molecule has 4 heterocycles. The van der Waals surface area contributed by atoms with Crippen molar-refractivity contribution in [3.63, 3.8) is 0 Å². The van der Waals surface area contributed by atoms with Gasteiger partial charge in [-0.05, 0) is 51.5 Å². The van der Waals surface area contributed by atoms with Gasteiger partial charge in [0.1, 0.15) is 11.6 Å². The SMILES string of the molecule is CCCn1c(Oc2ccncc2)nc(=O)c2[nH]c(C3CCN(C)CC3)nc21. The monoisotopic (exact) mass is 368 g/mol. The minimum atomic E-state index is -0.340. The third kappa shape index (κ3) is 3.57. The van der Waals surface area contributed by atoms with Crippen molar-refractivity contribution in [3.8, 4) is 11.8 Å². The van der Waals surface area contributed by atoms with Gasteiger partial charge < -0.3 is 14.6 Å².